The molecule has 4 heteroatoms. The van der Waals surface area contributed by atoms with E-state index in [9.17, 15) is 0 Å². The number of aromatic amines is 1. The van der Waals surface area contributed by atoms with Crippen LogP contribution in [-0.4, -0.2) is 9.97 Å². The van der Waals surface area contributed by atoms with E-state index in [-0.39, 0.29) is 0 Å². The van der Waals surface area contributed by atoms with Crippen molar-refractivity contribution in [3.8, 4) is 5.75 Å². The number of nitrogens with zero attached hydrogens (tertiary/aromatic N) is 1. The number of halogens is 1. The maximum atomic E-state index is 5.87. The van der Waals surface area contributed by atoms with Crippen LogP contribution in [-0.2, 0) is 6.61 Å². The molecule has 0 bridgehead atoms. The number of ether oxygens (including phenoxy) is 1. The number of H-pyrrole nitrogens is 1. The van der Waals surface area contributed by atoms with Gasteiger partial charge in [-0.05, 0) is 74.2 Å². The molecule has 22 heavy (non-hydrogen) atoms. The van der Waals surface area contributed by atoms with Gasteiger partial charge in [-0.15, -0.1) is 0 Å². The Hall–Kier alpha value is -2.00. The predicted octanol–water partition coefficient (Wildman–Crippen LogP) is 5.03. The minimum Gasteiger partial charge on any atom is -0.486 e. The molecule has 0 aliphatic rings. The van der Waals surface area contributed by atoms with Crippen LogP contribution in [0.25, 0.3) is 11.0 Å². The summed E-state index contributed by atoms with van der Waals surface area (Å²) >= 11 is 5.87. The highest BCUT2D eigenvalue weighted by molar-refractivity contribution is 6.30. The van der Waals surface area contributed by atoms with E-state index >= 15 is 0 Å². The summed E-state index contributed by atoms with van der Waals surface area (Å²) in [6, 6.07) is 7.35. The van der Waals surface area contributed by atoms with Crippen molar-refractivity contribution in [1.82, 2.24) is 9.97 Å². The first-order valence-electron chi connectivity index (χ1n) is 7.30. The average molecular weight is 315 g/mol. The van der Waals surface area contributed by atoms with Gasteiger partial charge >= 0.3 is 0 Å². The van der Waals surface area contributed by atoms with Crippen molar-refractivity contribution in [3.63, 3.8) is 0 Å². The van der Waals surface area contributed by atoms with Gasteiger partial charge in [0.05, 0.1) is 11.0 Å². The molecule has 0 amide bonds. The zero-order chi connectivity index (χ0) is 15.9. The molecule has 0 saturated heterocycles. The fourth-order valence-corrected chi connectivity index (χ4v) is 2.77. The lowest BCUT2D eigenvalue weighted by atomic mass is 9.98. The summed E-state index contributed by atoms with van der Waals surface area (Å²) in [6.07, 6.45) is 0. The zero-order valence-corrected chi connectivity index (χ0v) is 14.0. The molecular weight excluding hydrogens is 296 g/mol. The molecule has 0 aliphatic heterocycles. The van der Waals surface area contributed by atoms with Gasteiger partial charge in [-0.3, -0.25) is 0 Å². The minimum atomic E-state index is 0.410. The smallest absolute Gasteiger partial charge is 0.146 e. The Morgan fingerprint density at radius 3 is 2.27 bits per heavy atom. The van der Waals surface area contributed by atoms with Crippen LogP contribution in [0.2, 0.25) is 5.02 Å². The number of rotatable bonds is 3. The van der Waals surface area contributed by atoms with Gasteiger partial charge in [-0.2, -0.15) is 0 Å². The molecule has 0 atom stereocenters. The van der Waals surface area contributed by atoms with Gasteiger partial charge in [-0.25, -0.2) is 4.98 Å². The molecule has 3 nitrogen and oxygen atoms in total. The monoisotopic (exact) mass is 314 g/mol. The summed E-state index contributed by atoms with van der Waals surface area (Å²) in [7, 11) is 0. The van der Waals surface area contributed by atoms with Gasteiger partial charge in [0.15, 0.2) is 0 Å². The normalized spacial score (nSPS) is 11.1. The number of benzene rings is 2. The van der Waals surface area contributed by atoms with E-state index in [2.05, 4.69) is 32.7 Å². The van der Waals surface area contributed by atoms with Crippen molar-refractivity contribution in [2.75, 3.05) is 0 Å². The number of fused-ring (bicyclic) bond motifs is 1. The molecule has 114 valence electrons. The largest absolute Gasteiger partial charge is 0.486 e. The summed E-state index contributed by atoms with van der Waals surface area (Å²) in [6.45, 7) is 8.96. The number of aromatic nitrogens is 2. The van der Waals surface area contributed by atoms with Crippen molar-refractivity contribution in [2.24, 2.45) is 0 Å². The third-order valence-corrected chi connectivity index (χ3v) is 4.61. The van der Waals surface area contributed by atoms with E-state index in [1.165, 1.54) is 22.3 Å². The third-order valence-electron chi connectivity index (χ3n) is 4.36. The van der Waals surface area contributed by atoms with Crippen molar-refractivity contribution in [1.29, 1.82) is 0 Å². The van der Waals surface area contributed by atoms with Gasteiger partial charge in [0, 0.05) is 5.02 Å². The number of imidazole rings is 1. The zero-order valence-electron chi connectivity index (χ0n) is 13.2. The molecule has 1 aromatic heterocycles. The van der Waals surface area contributed by atoms with Crippen LogP contribution in [0.5, 0.6) is 5.75 Å². The maximum Gasteiger partial charge on any atom is 0.146 e. The second-order valence-corrected chi connectivity index (χ2v) is 6.09. The number of hydrogen-bond donors (Lipinski definition) is 1. The van der Waals surface area contributed by atoms with Crippen LogP contribution in [0, 0.1) is 27.7 Å². The summed E-state index contributed by atoms with van der Waals surface area (Å²) in [4.78, 5) is 8.09. The van der Waals surface area contributed by atoms with Gasteiger partial charge in [0.1, 0.15) is 18.2 Å². The third kappa shape index (κ3) is 2.57. The number of aryl methyl sites for hydroxylation is 2. The van der Waals surface area contributed by atoms with Gasteiger partial charge in [0.25, 0.3) is 0 Å². The minimum absolute atomic E-state index is 0.410. The Balaban J connectivity index is 1.91. The molecule has 0 radical (unpaired) electrons. The molecule has 0 fully saturated rings. The van der Waals surface area contributed by atoms with Crippen LogP contribution in [0.4, 0.5) is 0 Å². The van der Waals surface area contributed by atoms with Crippen molar-refractivity contribution in [3.05, 3.63) is 57.4 Å². The fourth-order valence-electron chi connectivity index (χ4n) is 2.64. The number of nitrogens with one attached hydrogen (secondary N) is 1. The quantitative estimate of drug-likeness (QED) is 0.736. The van der Waals surface area contributed by atoms with Crippen molar-refractivity contribution >= 4 is 22.6 Å². The molecule has 0 saturated carbocycles. The van der Waals surface area contributed by atoms with Gasteiger partial charge < -0.3 is 9.72 Å². The molecule has 3 aromatic rings. The molecule has 2 aromatic carbocycles. The van der Waals surface area contributed by atoms with E-state index < -0.39 is 0 Å². The first-order chi connectivity index (χ1) is 10.5. The first-order valence-corrected chi connectivity index (χ1v) is 7.68. The van der Waals surface area contributed by atoms with Crippen LogP contribution >= 0.6 is 11.6 Å². The van der Waals surface area contributed by atoms with Crippen LogP contribution in [0.15, 0.2) is 24.3 Å². The Bertz CT molecular complexity index is 790. The molecule has 0 unspecified atom stereocenters. The molecule has 0 aliphatic carbocycles. The average Bonchev–Trinajstić information content (AvgIpc) is 2.95. The standard InChI is InChI=1S/C18H19ClN2O/c1-10-11(2)13(4)18-17(12(10)3)20-16(21-18)9-22-15-7-5-14(19)6-8-15/h5-8H,9H2,1-4H3,(H,20,21). The Kier molecular flexibility index (Phi) is 3.83. The molecule has 1 heterocycles. The van der Waals surface area contributed by atoms with Gasteiger partial charge in [0.2, 0.25) is 0 Å². The van der Waals surface area contributed by atoms with Crippen LogP contribution in [0.3, 0.4) is 0 Å². The number of hydrogen-bond acceptors (Lipinski definition) is 2. The summed E-state index contributed by atoms with van der Waals surface area (Å²) in [5.41, 5.74) is 7.25. The topological polar surface area (TPSA) is 37.9 Å². The second kappa shape index (κ2) is 5.65. The first kappa shape index (κ1) is 14.9. The van der Waals surface area contributed by atoms with Crippen molar-refractivity contribution < 1.29 is 4.74 Å². The molecule has 1 N–H and O–H groups in total. The van der Waals surface area contributed by atoms with Gasteiger partial charge in [-0.1, -0.05) is 11.6 Å². The lowest BCUT2D eigenvalue weighted by molar-refractivity contribution is 0.297. The van der Waals surface area contributed by atoms with E-state index in [4.69, 9.17) is 21.3 Å². The summed E-state index contributed by atoms with van der Waals surface area (Å²) < 4.78 is 5.76. The highest BCUT2D eigenvalue weighted by Gasteiger charge is 2.13. The summed E-state index contributed by atoms with van der Waals surface area (Å²) in [5, 5.41) is 0.702. The maximum absolute atomic E-state index is 5.87. The molecular formula is C18H19ClN2O. The van der Waals surface area contributed by atoms with Crippen LogP contribution < -0.4 is 4.74 Å². The Labute approximate surface area is 135 Å². The lowest BCUT2D eigenvalue weighted by Crippen LogP contribution is -1.97. The van der Waals surface area contributed by atoms with E-state index in [0.29, 0.717) is 11.6 Å². The van der Waals surface area contributed by atoms with E-state index in [1.807, 2.05) is 24.3 Å². The molecule has 0 spiro atoms. The van der Waals surface area contributed by atoms with E-state index in [1.54, 1.807) is 0 Å². The Morgan fingerprint density at radius 1 is 0.955 bits per heavy atom. The predicted molar refractivity (Wildman–Crippen MR) is 90.8 cm³/mol. The highest BCUT2D eigenvalue weighted by Crippen LogP contribution is 2.27. The Morgan fingerprint density at radius 2 is 1.59 bits per heavy atom. The fraction of sp³-hybridized carbons (Fsp3) is 0.278. The molecule has 3 rings (SSSR count). The van der Waals surface area contributed by atoms with Crippen LogP contribution in [0.1, 0.15) is 28.1 Å². The highest BCUT2D eigenvalue weighted by atomic mass is 35.5. The lowest BCUT2D eigenvalue weighted by Gasteiger charge is -2.09. The van der Waals surface area contributed by atoms with Crippen molar-refractivity contribution in [2.45, 2.75) is 34.3 Å². The second-order valence-electron chi connectivity index (χ2n) is 5.65. The summed E-state index contributed by atoms with van der Waals surface area (Å²) in [5.74, 6) is 1.62. The SMILES string of the molecule is Cc1c(C)c(C)c2[nH]c(COc3ccc(Cl)cc3)nc2c1C. The van der Waals surface area contributed by atoms with E-state index in [0.717, 1.165) is 22.6 Å².